The van der Waals surface area contributed by atoms with Gasteiger partial charge in [0, 0.05) is 0 Å². The first kappa shape index (κ1) is 18.5. The molecule has 1 aromatic heterocycles. The van der Waals surface area contributed by atoms with Gasteiger partial charge in [-0.15, -0.1) is 0 Å². The third-order valence-electron chi connectivity index (χ3n) is 5.25. The second-order valence-electron chi connectivity index (χ2n) is 7.81. The summed E-state index contributed by atoms with van der Waals surface area (Å²) in [4.78, 5) is 12.5. The van der Waals surface area contributed by atoms with Crippen LogP contribution in [0.25, 0.3) is 10.8 Å². The van der Waals surface area contributed by atoms with Crippen LogP contribution in [0.5, 0.6) is 0 Å². The van der Waals surface area contributed by atoms with Crippen LogP contribution in [0.3, 0.4) is 0 Å². The van der Waals surface area contributed by atoms with Crippen LogP contribution in [0.2, 0.25) is 0 Å². The molecule has 6 nitrogen and oxygen atoms in total. The summed E-state index contributed by atoms with van der Waals surface area (Å²) in [7, 11) is 0. The topological polar surface area (TPSA) is 67.1 Å². The minimum atomic E-state index is -0.765. The summed E-state index contributed by atoms with van der Waals surface area (Å²) >= 11 is 0. The summed E-state index contributed by atoms with van der Waals surface area (Å²) < 4.78 is 29.9. The molecule has 0 N–H and O–H groups in total. The van der Waals surface area contributed by atoms with Crippen molar-refractivity contribution < 1.29 is 23.4 Å². The highest BCUT2D eigenvalue weighted by Gasteiger charge is 2.56. The van der Waals surface area contributed by atoms with Gasteiger partial charge in [-0.25, -0.2) is 4.79 Å². The van der Waals surface area contributed by atoms with Crippen molar-refractivity contribution in [2.75, 3.05) is 0 Å². The Morgan fingerprint density at radius 3 is 2.59 bits per heavy atom. The molecule has 0 amide bonds. The number of benzene rings is 2. The fourth-order valence-corrected chi connectivity index (χ4v) is 3.95. The van der Waals surface area contributed by atoms with Crippen LogP contribution in [-0.4, -0.2) is 24.3 Å². The highest BCUT2D eigenvalue weighted by Crippen LogP contribution is 2.45. The van der Waals surface area contributed by atoms with E-state index in [9.17, 15) is 4.79 Å². The standard InChI is InChI=1S/C23H22O6/c1-23(2)28-20-19(25-13-14-8-4-3-5-9-14)18(27-22(20)29-23)17-12-15-10-6-7-11-16(15)21(24)26-17/h3-12,18-20,22H,13H2,1-2H3/t18?,19-,20+,22+/m0/s1. The summed E-state index contributed by atoms with van der Waals surface area (Å²) in [6.07, 6.45) is -2.10. The van der Waals surface area contributed by atoms with Gasteiger partial charge in [-0.2, -0.15) is 0 Å². The number of rotatable bonds is 4. The molecule has 3 aromatic rings. The van der Waals surface area contributed by atoms with Crippen LogP contribution in [0.4, 0.5) is 0 Å². The van der Waals surface area contributed by atoms with Gasteiger partial charge in [-0.1, -0.05) is 48.5 Å². The maximum Gasteiger partial charge on any atom is 0.343 e. The number of hydrogen-bond acceptors (Lipinski definition) is 6. The molecule has 2 aliphatic heterocycles. The first-order chi connectivity index (χ1) is 14.0. The van der Waals surface area contributed by atoms with E-state index in [1.807, 2.05) is 68.4 Å². The number of hydrogen-bond donors (Lipinski definition) is 0. The lowest BCUT2D eigenvalue weighted by Gasteiger charge is -2.25. The predicted octanol–water partition coefficient (Wildman–Crippen LogP) is 3.93. The van der Waals surface area contributed by atoms with E-state index >= 15 is 0 Å². The molecule has 2 saturated heterocycles. The lowest BCUT2D eigenvalue weighted by atomic mass is 10.1. The van der Waals surface area contributed by atoms with Crippen LogP contribution < -0.4 is 5.63 Å². The molecule has 6 heteroatoms. The van der Waals surface area contributed by atoms with Crippen molar-refractivity contribution in [3.05, 3.63) is 82.4 Å². The molecule has 29 heavy (non-hydrogen) atoms. The first-order valence-electron chi connectivity index (χ1n) is 9.70. The SMILES string of the molecule is CC1(C)O[C@H]2OC(c3cc4ccccc4c(=O)o3)[C@H](OCc3ccccc3)[C@H]2O1. The quantitative estimate of drug-likeness (QED) is 0.668. The summed E-state index contributed by atoms with van der Waals surface area (Å²) in [5.41, 5.74) is 0.635. The summed E-state index contributed by atoms with van der Waals surface area (Å²) in [6.45, 7) is 4.07. The van der Waals surface area contributed by atoms with E-state index in [2.05, 4.69) is 0 Å². The van der Waals surface area contributed by atoms with E-state index in [1.165, 1.54) is 0 Å². The molecule has 0 aliphatic carbocycles. The van der Waals surface area contributed by atoms with Gasteiger partial charge in [0.05, 0.1) is 12.0 Å². The molecular formula is C23H22O6. The Bertz CT molecular complexity index is 1070. The molecule has 0 spiro atoms. The first-order valence-corrected chi connectivity index (χ1v) is 9.70. The van der Waals surface area contributed by atoms with Crippen molar-refractivity contribution in [2.24, 2.45) is 0 Å². The zero-order chi connectivity index (χ0) is 20.0. The van der Waals surface area contributed by atoms with Gasteiger partial charge in [-0.05, 0) is 36.9 Å². The minimum Gasteiger partial charge on any atom is -0.424 e. The molecule has 1 unspecified atom stereocenters. The lowest BCUT2D eigenvalue weighted by Crippen LogP contribution is -2.33. The summed E-state index contributed by atoms with van der Waals surface area (Å²) in [5.74, 6) is -0.357. The molecule has 2 fully saturated rings. The molecular weight excluding hydrogens is 372 g/mol. The Morgan fingerprint density at radius 1 is 1.00 bits per heavy atom. The number of fused-ring (bicyclic) bond motifs is 2. The van der Waals surface area contributed by atoms with Crippen molar-refractivity contribution in [2.45, 2.75) is 50.8 Å². The maximum atomic E-state index is 12.5. The minimum absolute atomic E-state index is 0.385. The monoisotopic (exact) mass is 394 g/mol. The largest absolute Gasteiger partial charge is 0.424 e. The summed E-state index contributed by atoms with van der Waals surface area (Å²) in [6, 6.07) is 19.0. The van der Waals surface area contributed by atoms with E-state index in [0.29, 0.717) is 17.8 Å². The highest BCUT2D eigenvalue weighted by atomic mass is 16.8. The van der Waals surface area contributed by atoms with Gasteiger partial charge in [0.15, 0.2) is 12.1 Å². The van der Waals surface area contributed by atoms with Crippen LogP contribution in [0.15, 0.2) is 69.9 Å². The second kappa shape index (κ2) is 7.07. The van der Waals surface area contributed by atoms with Crippen molar-refractivity contribution in [3.8, 4) is 0 Å². The third kappa shape index (κ3) is 3.49. The van der Waals surface area contributed by atoms with Gasteiger partial charge in [0.25, 0.3) is 0 Å². The molecule has 2 aliphatic rings. The van der Waals surface area contributed by atoms with Gasteiger partial charge in [0.2, 0.25) is 0 Å². The third-order valence-corrected chi connectivity index (χ3v) is 5.25. The van der Waals surface area contributed by atoms with Gasteiger partial charge in [-0.3, -0.25) is 0 Å². The van der Waals surface area contributed by atoms with E-state index in [0.717, 1.165) is 10.9 Å². The molecule has 4 atom stereocenters. The Labute approximate surface area is 167 Å². The predicted molar refractivity (Wildman–Crippen MR) is 105 cm³/mol. The molecule has 3 heterocycles. The van der Waals surface area contributed by atoms with E-state index in [1.54, 1.807) is 6.07 Å². The average Bonchev–Trinajstić information content (AvgIpc) is 3.19. The fraction of sp³-hybridized carbons (Fsp3) is 0.348. The van der Waals surface area contributed by atoms with Crippen LogP contribution in [0.1, 0.15) is 31.3 Å². The van der Waals surface area contributed by atoms with Gasteiger partial charge < -0.3 is 23.4 Å². The molecule has 2 aromatic carbocycles. The summed E-state index contributed by atoms with van der Waals surface area (Å²) in [5, 5.41) is 1.33. The van der Waals surface area contributed by atoms with Gasteiger partial charge >= 0.3 is 5.63 Å². The van der Waals surface area contributed by atoms with Crippen LogP contribution >= 0.6 is 0 Å². The Kier molecular flexibility index (Phi) is 4.52. The maximum absolute atomic E-state index is 12.5. The average molecular weight is 394 g/mol. The Morgan fingerprint density at radius 2 is 1.76 bits per heavy atom. The zero-order valence-corrected chi connectivity index (χ0v) is 16.2. The van der Waals surface area contributed by atoms with Crippen molar-refractivity contribution in [1.82, 2.24) is 0 Å². The molecule has 0 bridgehead atoms. The zero-order valence-electron chi connectivity index (χ0n) is 16.2. The van der Waals surface area contributed by atoms with Crippen molar-refractivity contribution >= 4 is 10.8 Å². The van der Waals surface area contributed by atoms with Crippen LogP contribution in [-0.2, 0) is 25.6 Å². The highest BCUT2D eigenvalue weighted by molar-refractivity contribution is 5.81. The van der Waals surface area contributed by atoms with Crippen molar-refractivity contribution in [3.63, 3.8) is 0 Å². The van der Waals surface area contributed by atoms with Gasteiger partial charge in [0.1, 0.15) is 24.1 Å². The smallest absolute Gasteiger partial charge is 0.343 e. The Balaban J connectivity index is 1.48. The normalized spacial score (nSPS) is 27.9. The van der Waals surface area contributed by atoms with E-state index in [-0.39, 0.29) is 0 Å². The van der Waals surface area contributed by atoms with Crippen LogP contribution in [0, 0.1) is 0 Å². The Hall–Kier alpha value is -2.51. The molecule has 5 rings (SSSR count). The van der Waals surface area contributed by atoms with E-state index < -0.39 is 36.0 Å². The molecule has 0 saturated carbocycles. The second-order valence-corrected chi connectivity index (χ2v) is 7.81. The molecule has 0 radical (unpaired) electrons. The lowest BCUT2D eigenvalue weighted by molar-refractivity contribution is -0.222. The van der Waals surface area contributed by atoms with Crippen molar-refractivity contribution in [1.29, 1.82) is 0 Å². The number of ether oxygens (including phenoxy) is 4. The fourth-order valence-electron chi connectivity index (χ4n) is 3.95. The van der Waals surface area contributed by atoms with E-state index in [4.69, 9.17) is 23.4 Å². The molecule has 150 valence electrons.